The van der Waals surface area contributed by atoms with Crippen LogP contribution in [0.15, 0.2) is 35.2 Å². The zero-order valence-corrected chi connectivity index (χ0v) is 12.6. The molecule has 1 heterocycles. The smallest absolute Gasteiger partial charge is 0.409 e. The Morgan fingerprint density at radius 3 is 2.62 bits per heavy atom. The third-order valence-electron chi connectivity index (χ3n) is 2.93. The van der Waals surface area contributed by atoms with Crippen LogP contribution in [-0.4, -0.2) is 48.8 Å². The molecule has 0 spiro atoms. The zero-order valence-electron chi connectivity index (χ0n) is 11.0. The second kappa shape index (κ2) is 6.31. The van der Waals surface area contributed by atoms with Crippen molar-refractivity contribution in [2.24, 2.45) is 0 Å². The Kier molecular flexibility index (Phi) is 4.69. The van der Waals surface area contributed by atoms with Gasteiger partial charge in [-0.2, -0.15) is 12.2 Å². The predicted molar refractivity (Wildman–Crippen MR) is 76.6 cm³/mol. The maximum absolute atomic E-state index is 12.2. The van der Waals surface area contributed by atoms with Crippen molar-refractivity contribution in [2.45, 2.75) is 11.3 Å². The highest BCUT2D eigenvalue weighted by Crippen LogP contribution is 2.18. The number of carbonyl (C=O) groups excluding carboxylic acids is 1. The van der Waals surface area contributed by atoms with Crippen molar-refractivity contribution in [3.05, 3.63) is 30.3 Å². The number of amides is 1. The highest BCUT2D eigenvalue weighted by Gasteiger charge is 2.27. The normalized spacial score (nSPS) is 14.9. The van der Waals surface area contributed by atoms with Crippen LogP contribution in [0.2, 0.25) is 0 Å². The van der Waals surface area contributed by atoms with Crippen LogP contribution in [0.4, 0.5) is 4.79 Å². The molecule has 1 aromatic rings. The van der Waals surface area contributed by atoms with E-state index in [2.05, 4.69) is 0 Å². The number of amidine groups is 1. The number of carbonyl (C=O) groups is 1. The minimum atomic E-state index is -3.96. The summed E-state index contributed by atoms with van der Waals surface area (Å²) in [7, 11) is -3.96. The van der Waals surface area contributed by atoms with Crippen LogP contribution in [-0.2, 0) is 14.8 Å². The summed E-state index contributed by atoms with van der Waals surface area (Å²) in [6.45, 7) is 0.921. The van der Waals surface area contributed by atoms with Gasteiger partial charge in [-0.25, -0.2) is 4.79 Å². The molecular formula is C12H14ClN3O4S. The molecule has 1 N–H and O–H groups in total. The van der Waals surface area contributed by atoms with Gasteiger partial charge in [-0.15, -0.1) is 0 Å². The number of nitrogens with one attached hydrogen (secondary N) is 1. The molecule has 7 nitrogen and oxygen atoms in total. The molecule has 21 heavy (non-hydrogen) atoms. The quantitative estimate of drug-likeness (QED) is 0.504. The molecule has 1 aliphatic rings. The van der Waals surface area contributed by atoms with Crippen molar-refractivity contribution < 1.29 is 17.9 Å². The van der Waals surface area contributed by atoms with E-state index in [0.29, 0.717) is 17.0 Å². The third kappa shape index (κ3) is 3.45. The average Bonchev–Trinajstić information content (AvgIpc) is 2.90. The van der Waals surface area contributed by atoms with Gasteiger partial charge in [0.1, 0.15) is 12.4 Å². The molecule has 0 radical (unpaired) electrons. The lowest BCUT2D eigenvalue weighted by Crippen LogP contribution is -2.33. The van der Waals surface area contributed by atoms with Crippen molar-refractivity contribution in [1.82, 2.24) is 8.72 Å². The molecule has 9 heteroatoms. The first-order valence-corrected chi connectivity index (χ1v) is 7.96. The van der Waals surface area contributed by atoms with Crippen LogP contribution in [0.5, 0.6) is 0 Å². The molecule has 1 fully saturated rings. The number of hydrogen-bond donors (Lipinski definition) is 1. The Bertz CT molecular complexity index is 635. The van der Waals surface area contributed by atoms with Crippen LogP contribution in [0.3, 0.4) is 0 Å². The van der Waals surface area contributed by atoms with E-state index in [0.717, 1.165) is 0 Å². The Morgan fingerprint density at radius 1 is 1.38 bits per heavy atom. The van der Waals surface area contributed by atoms with Gasteiger partial charge in [0.25, 0.3) is 10.0 Å². The second-order valence-corrected chi connectivity index (χ2v) is 6.66. The van der Waals surface area contributed by atoms with Crippen molar-refractivity contribution >= 4 is 33.7 Å². The van der Waals surface area contributed by atoms with E-state index in [1.165, 1.54) is 17.0 Å². The van der Waals surface area contributed by atoms with Crippen LogP contribution < -0.4 is 0 Å². The first kappa shape index (κ1) is 15.6. The number of halogens is 1. The summed E-state index contributed by atoms with van der Waals surface area (Å²) in [5, 5.41) is 7.77. The van der Waals surface area contributed by atoms with Gasteiger partial charge >= 0.3 is 6.09 Å². The molecule has 0 atom stereocenters. The highest BCUT2D eigenvalue weighted by atomic mass is 35.5. The minimum absolute atomic E-state index is 0.00494. The Labute approximate surface area is 127 Å². The van der Waals surface area contributed by atoms with Gasteiger partial charge in [0, 0.05) is 24.7 Å². The van der Waals surface area contributed by atoms with Gasteiger partial charge in [0.15, 0.2) is 0 Å². The van der Waals surface area contributed by atoms with Gasteiger partial charge in [-0.3, -0.25) is 5.41 Å². The van der Waals surface area contributed by atoms with E-state index < -0.39 is 16.1 Å². The number of benzene rings is 1. The molecule has 0 bridgehead atoms. The average molecular weight is 332 g/mol. The Balaban J connectivity index is 2.00. The summed E-state index contributed by atoms with van der Waals surface area (Å²) in [4.78, 5) is 12.6. The standard InChI is InChI=1S/C12H14ClN3O4S/c13-16(21(18,19)10-4-2-1-3-5-10)11(14)6-7-15-8-9-20-12(15)17/h1-5,14H,6-9H2. The van der Waals surface area contributed by atoms with Gasteiger partial charge in [-0.05, 0) is 12.1 Å². The van der Waals surface area contributed by atoms with Crippen molar-refractivity contribution in [1.29, 1.82) is 5.41 Å². The first-order valence-electron chi connectivity index (χ1n) is 6.18. The first-order chi connectivity index (χ1) is 9.93. The van der Waals surface area contributed by atoms with Crippen LogP contribution in [0, 0.1) is 5.41 Å². The summed E-state index contributed by atoms with van der Waals surface area (Å²) < 4.78 is 29.5. The summed E-state index contributed by atoms with van der Waals surface area (Å²) >= 11 is 5.77. The lowest BCUT2D eigenvalue weighted by Gasteiger charge is -2.18. The van der Waals surface area contributed by atoms with Gasteiger partial charge < -0.3 is 9.64 Å². The number of rotatable bonds is 5. The highest BCUT2D eigenvalue weighted by molar-refractivity contribution is 7.90. The van der Waals surface area contributed by atoms with Crippen molar-refractivity contribution in [3.63, 3.8) is 0 Å². The fourth-order valence-electron chi connectivity index (χ4n) is 1.79. The van der Waals surface area contributed by atoms with E-state index in [1.807, 2.05) is 0 Å². The molecule has 2 rings (SSSR count). The molecule has 0 aromatic heterocycles. The van der Waals surface area contributed by atoms with Gasteiger partial charge in [-0.1, -0.05) is 18.2 Å². The van der Waals surface area contributed by atoms with Crippen LogP contribution in [0.25, 0.3) is 0 Å². The van der Waals surface area contributed by atoms with Gasteiger partial charge in [0.05, 0.1) is 11.4 Å². The van der Waals surface area contributed by atoms with E-state index in [9.17, 15) is 13.2 Å². The van der Waals surface area contributed by atoms with E-state index in [4.69, 9.17) is 21.9 Å². The summed E-state index contributed by atoms with van der Waals surface area (Å²) in [6, 6.07) is 7.62. The summed E-state index contributed by atoms with van der Waals surface area (Å²) in [6.07, 6.45) is -0.445. The van der Waals surface area contributed by atoms with Crippen LogP contribution >= 0.6 is 11.8 Å². The molecule has 0 saturated carbocycles. The van der Waals surface area contributed by atoms with Crippen molar-refractivity contribution in [3.8, 4) is 0 Å². The summed E-state index contributed by atoms with van der Waals surface area (Å²) in [5.41, 5.74) is 0. The molecule has 1 saturated heterocycles. The Morgan fingerprint density at radius 2 is 2.05 bits per heavy atom. The van der Waals surface area contributed by atoms with E-state index >= 15 is 0 Å². The third-order valence-corrected chi connectivity index (χ3v) is 5.19. The maximum Gasteiger partial charge on any atom is 0.409 e. The molecule has 0 unspecified atom stereocenters. The van der Waals surface area contributed by atoms with E-state index in [-0.39, 0.29) is 23.7 Å². The predicted octanol–water partition coefficient (Wildman–Crippen LogP) is 1.65. The van der Waals surface area contributed by atoms with Crippen molar-refractivity contribution in [2.75, 3.05) is 19.7 Å². The molecule has 114 valence electrons. The second-order valence-electron chi connectivity index (χ2n) is 4.33. The largest absolute Gasteiger partial charge is 0.448 e. The molecule has 1 amide bonds. The number of hydrogen-bond acceptors (Lipinski definition) is 5. The molecule has 1 aliphatic heterocycles. The number of ether oxygens (including phenoxy) is 1. The van der Waals surface area contributed by atoms with Crippen LogP contribution in [0.1, 0.15) is 6.42 Å². The monoisotopic (exact) mass is 331 g/mol. The molecular weight excluding hydrogens is 318 g/mol. The fourth-order valence-corrected chi connectivity index (χ4v) is 3.18. The number of nitrogens with zero attached hydrogens (tertiary/aromatic N) is 2. The SMILES string of the molecule is N=C(CCN1CCOC1=O)N(Cl)S(=O)(=O)c1ccccc1. The zero-order chi connectivity index (χ0) is 15.5. The number of sulfonamides is 1. The number of cyclic esters (lactones) is 1. The maximum atomic E-state index is 12.2. The molecule has 1 aromatic carbocycles. The lowest BCUT2D eigenvalue weighted by atomic mass is 10.4. The fraction of sp³-hybridized carbons (Fsp3) is 0.333. The lowest BCUT2D eigenvalue weighted by molar-refractivity contribution is 0.159. The molecule has 0 aliphatic carbocycles. The topological polar surface area (TPSA) is 90.8 Å². The Hall–Kier alpha value is -1.80. The summed E-state index contributed by atoms with van der Waals surface area (Å²) in [5.74, 6) is -0.305. The minimum Gasteiger partial charge on any atom is -0.448 e. The van der Waals surface area contributed by atoms with Gasteiger partial charge in [0.2, 0.25) is 0 Å². The van der Waals surface area contributed by atoms with E-state index in [1.54, 1.807) is 18.2 Å².